The fraction of sp³-hybridized carbons (Fsp3) is 0.900. The Labute approximate surface area is 152 Å². The number of likely N-dealkylation sites (tertiary alicyclic amines) is 1. The van der Waals surface area contributed by atoms with E-state index in [9.17, 15) is 4.79 Å². The fourth-order valence-corrected chi connectivity index (χ4v) is 5.21. The molecule has 3 saturated carbocycles. The molecule has 0 spiro atoms. The first-order valence-corrected chi connectivity index (χ1v) is 10.5. The van der Waals surface area contributed by atoms with Crippen LogP contribution in [0.25, 0.3) is 0 Å². The van der Waals surface area contributed by atoms with Crippen LogP contribution in [0.15, 0.2) is 4.99 Å². The number of carbonyl (C=O) groups excluding carboxylic acids is 1. The minimum Gasteiger partial charge on any atom is -0.356 e. The third-order valence-electron chi connectivity index (χ3n) is 7.17. The summed E-state index contributed by atoms with van der Waals surface area (Å²) in [6.45, 7) is 2.80. The van der Waals surface area contributed by atoms with Gasteiger partial charge in [0.05, 0.1) is 0 Å². The van der Waals surface area contributed by atoms with E-state index in [1.165, 1.54) is 44.9 Å². The highest BCUT2D eigenvalue weighted by molar-refractivity contribution is 5.81. The van der Waals surface area contributed by atoms with Crippen LogP contribution in [-0.2, 0) is 4.79 Å². The summed E-state index contributed by atoms with van der Waals surface area (Å²) < 4.78 is 0. The van der Waals surface area contributed by atoms with Crippen LogP contribution in [0, 0.1) is 17.3 Å². The summed E-state index contributed by atoms with van der Waals surface area (Å²) in [5.41, 5.74) is 0.553. The lowest BCUT2D eigenvalue weighted by molar-refractivity contribution is -0.134. The van der Waals surface area contributed by atoms with Crippen LogP contribution in [-0.4, -0.2) is 49.5 Å². The largest absolute Gasteiger partial charge is 0.356 e. The number of nitrogens with zero attached hydrogens (tertiary/aromatic N) is 2. The van der Waals surface area contributed by atoms with Crippen molar-refractivity contribution in [3.63, 3.8) is 0 Å². The average Bonchev–Trinajstić information content (AvgIpc) is 3.11. The van der Waals surface area contributed by atoms with E-state index in [1.54, 1.807) is 0 Å². The second-order valence-electron chi connectivity index (χ2n) is 8.81. The van der Waals surface area contributed by atoms with Gasteiger partial charge in [0, 0.05) is 38.6 Å². The molecule has 1 saturated heterocycles. The van der Waals surface area contributed by atoms with E-state index >= 15 is 0 Å². The van der Waals surface area contributed by atoms with Crippen molar-refractivity contribution in [2.24, 2.45) is 22.2 Å². The quantitative estimate of drug-likeness (QED) is 0.594. The molecule has 5 heteroatoms. The molecular weight excluding hydrogens is 312 g/mol. The number of nitrogens with one attached hydrogen (secondary N) is 2. The van der Waals surface area contributed by atoms with Gasteiger partial charge in [0.2, 0.25) is 5.91 Å². The molecule has 5 nitrogen and oxygen atoms in total. The van der Waals surface area contributed by atoms with Crippen molar-refractivity contribution >= 4 is 11.9 Å². The Morgan fingerprint density at radius 2 is 1.88 bits per heavy atom. The van der Waals surface area contributed by atoms with Crippen molar-refractivity contribution in [3.8, 4) is 0 Å². The SMILES string of the molecule is CN=C(NCC1(C2CC2)CCC1)NC1CCN(C(=O)C2CCCC2)C1. The molecule has 1 unspecified atom stereocenters. The highest BCUT2D eigenvalue weighted by Gasteiger charge is 2.48. The van der Waals surface area contributed by atoms with Crippen LogP contribution in [0.1, 0.15) is 64.2 Å². The molecule has 0 bridgehead atoms. The van der Waals surface area contributed by atoms with Gasteiger partial charge in [-0.2, -0.15) is 0 Å². The molecule has 0 aromatic carbocycles. The van der Waals surface area contributed by atoms with E-state index in [2.05, 4.69) is 20.5 Å². The standard InChI is InChI=1S/C20H34N4O/c1-21-19(22-14-20(10-4-11-20)16-7-8-16)23-17-9-12-24(13-17)18(25)15-5-2-3-6-15/h15-17H,2-14H2,1H3,(H2,21,22,23). The fourth-order valence-electron chi connectivity index (χ4n) is 5.21. The number of hydrogen-bond acceptors (Lipinski definition) is 2. The topological polar surface area (TPSA) is 56.7 Å². The molecule has 1 atom stereocenters. The first kappa shape index (κ1) is 17.2. The van der Waals surface area contributed by atoms with E-state index < -0.39 is 0 Å². The predicted molar refractivity (Wildman–Crippen MR) is 100 cm³/mol. The van der Waals surface area contributed by atoms with Gasteiger partial charge >= 0.3 is 0 Å². The number of rotatable bonds is 5. The van der Waals surface area contributed by atoms with E-state index in [-0.39, 0.29) is 0 Å². The van der Waals surface area contributed by atoms with Gasteiger partial charge in [0.1, 0.15) is 0 Å². The molecule has 2 N–H and O–H groups in total. The molecule has 1 heterocycles. The lowest BCUT2D eigenvalue weighted by Gasteiger charge is -2.43. The van der Waals surface area contributed by atoms with Crippen LogP contribution < -0.4 is 10.6 Å². The zero-order chi connectivity index (χ0) is 17.3. The van der Waals surface area contributed by atoms with Gasteiger partial charge in [-0.05, 0) is 56.3 Å². The molecule has 25 heavy (non-hydrogen) atoms. The Hall–Kier alpha value is -1.26. The molecule has 3 aliphatic carbocycles. The summed E-state index contributed by atoms with van der Waals surface area (Å²) in [5.74, 6) is 2.57. The van der Waals surface area contributed by atoms with Gasteiger partial charge in [0.25, 0.3) is 0 Å². The summed E-state index contributed by atoms with van der Waals surface area (Å²) in [6, 6.07) is 0.342. The van der Waals surface area contributed by atoms with Crippen LogP contribution in [0.4, 0.5) is 0 Å². The van der Waals surface area contributed by atoms with Crippen LogP contribution in [0.3, 0.4) is 0 Å². The lowest BCUT2D eigenvalue weighted by atomic mass is 9.65. The number of aliphatic imine (C=N–C) groups is 1. The average molecular weight is 347 g/mol. The summed E-state index contributed by atoms with van der Waals surface area (Å²) in [6.07, 6.45) is 12.7. The number of carbonyl (C=O) groups is 1. The number of amides is 1. The Balaban J connectivity index is 1.24. The first-order chi connectivity index (χ1) is 12.2. The van der Waals surface area contributed by atoms with Crippen LogP contribution in [0.5, 0.6) is 0 Å². The lowest BCUT2D eigenvalue weighted by Crippen LogP contribution is -2.50. The molecule has 0 aromatic rings. The Morgan fingerprint density at radius 3 is 2.48 bits per heavy atom. The zero-order valence-corrected chi connectivity index (χ0v) is 15.7. The second-order valence-corrected chi connectivity index (χ2v) is 8.81. The summed E-state index contributed by atoms with van der Waals surface area (Å²) >= 11 is 0. The van der Waals surface area contributed by atoms with Crippen molar-refractivity contribution in [2.75, 3.05) is 26.7 Å². The van der Waals surface area contributed by atoms with Gasteiger partial charge in [0.15, 0.2) is 5.96 Å². The van der Waals surface area contributed by atoms with Crippen molar-refractivity contribution < 1.29 is 4.79 Å². The van der Waals surface area contributed by atoms with E-state index in [0.717, 1.165) is 50.8 Å². The van der Waals surface area contributed by atoms with E-state index in [4.69, 9.17) is 0 Å². The first-order valence-electron chi connectivity index (χ1n) is 10.5. The van der Waals surface area contributed by atoms with Crippen molar-refractivity contribution in [2.45, 2.75) is 70.3 Å². The maximum Gasteiger partial charge on any atom is 0.225 e. The summed E-state index contributed by atoms with van der Waals surface area (Å²) in [7, 11) is 1.86. The molecule has 1 aliphatic heterocycles. The van der Waals surface area contributed by atoms with E-state index in [0.29, 0.717) is 23.3 Å². The number of guanidine groups is 1. The van der Waals surface area contributed by atoms with Gasteiger partial charge < -0.3 is 15.5 Å². The monoisotopic (exact) mass is 346 g/mol. The summed E-state index contributed by atoms with van der Waals surface area (Å²) in [4.78, 5) is 19.1. The molecule has 1 amide bonds. The highest BCUT2D eigenvalue weighted by atomic mass is 16.2. The van der Waals surface area contributed by atoms with Gasteiger partial charge in [-0.1, -0.05) is 19.3 Å². The molecule has 0 aromatic heterocycles. The molecular formula is C20H34N4O. The Kier molecular flexibility index (Phi) is 4.92. The Bertz CT molecular complexity index is 518. The van der Waals surface area contributed by atoms with Crippen molar-refractivity contribution in [3.05, 3.63) is 0 Å². The smallest absolute Gasteiger partial charge is 0.225 e. The number of hydrogen-bond donors (Lipinski definition) is 2. The van der Waals surface area contributed by atoms with Crippen molar-refractivity contribution in [1.82, 2.24) is 15.5 Å². The molecule has 140 valence electrons. The predicted octanol–water partition coefficient (Wildman–Crippen LogP) is 2.52. The van der Waals surface area contributed by atoms with Gasteiger partial charge in [-0.3, -0.25) is 9.79 Å². The minimum absolute atomic E-state index is 0.299. The normalized spacial score (nSPS) is 29.6. The zero-order valence-electron chi connectivity index (χ0n) is 15.7. The van der Waals surface area contributed by atoms with Gasteiger partial charge in [-0.15, -0.1) is 0 Å². The third kappa shape index (κ3) is 3.65. The molecule has 0 radical (unpaired) electrons. The molecule has 4 aliphatic rings. The van der Waals surface area contributed by atoms with Crippen LogP contribution >= 0.6 is 0 Å². The third-order valence-corrected chi connectivity index (χ3v) is 7.17. The molecule has 4 fully saturated rings. The minimum atomic E-state index is 0.299. The highest BCUT2D eigenvalue weighted by Crippen LogP contribution is 2.56. The second kappa shape index (κ2) is 7.16. The van der Waals surface area contributed by atoms with Gasteiger partial charge in [-0.25, -0.2) is 0 Å². The maximum absolute atomic E-state index is 12.6. The Morgan fingerprint density at radius 1 is 1.12 bits per heavy atom. The van der Waals surface area contributed by atoms with Crippen LogP contribution in [0.2, 0.25) is 0 Å². The molecule has 4 rings (SSSR count). The summed E-state index contributed by atoms with van der Waals surface area (Å²) in [5, 5.41) is 7.16. The van der Waals surface area contributed by atoms with E-state index in [1.807, 2.05) is 7.05 Å². The maximum atomic E-state index is 12.6. The van der Waals surface area contributed by atoms with Crippen molar-refractivity contribution in [1.29, 1.82) is 0 Å².